The number of fused-ring (bicyclic) bond motifs is 1. The first-order valence-corrected chi connectivity index (χ1v) is 8.22. The molecule has 0 radical (unpaired) electrons. The molecule has 0 heterocycles. The Labute approximate surface area is 104 Å². The molecule has 3 atom stereocenters. The summed E-state index contributed by atoms with van der Waals surface area (Å²) in [7, 11) is 0. The summed E-state index contributed by atoms with van der Waals surface area (Å²) in [5.74, 6) is 3.86. The molecule has 16 heavy (non-hydrogen) atoms. The largest absolute Gasteiger partial charge is 0.299 e. The van der Waals surface area contributed by atoms with Crippen LogP contribution in [-0.4, -0.2) is 17.8 Å². The molecule has 0 aromatic carbocycles. The first-order chi connectivity index (χ1) is 7.81. The highest BCUT2D eigenvalue weighted by atomic mass is 32.2. The Hall–Kier alpha value is 0.0200. The van der Waals surface area contributed by atoms with Crippen molar-refractivity contribution in [1.82, 2.24) is 0 Å². The third kappa shape index (κ3) is 3.03. The highest BCUT2D eigenvalue weighted by Gasteiger charge is 2.34. The number of hydrogen-bond acceptors (Lipinski definition) is 2. The van der Waals surface area contributed by atoms with Gasteiger partial charge in [-0.05, 0) is 43.1 Å². The van der Waals surface area contributed by atoms with Gasteiger partial charge in [-0.15, -0.1) is 0 Å². The predicted octanol–water partition coefficient (Wildman–Crippen LogP) is 3.92. The summed E-state index contributed by atoms with van der Waals surface area (Å²) >= 11 is 1.80. The second-order valence-corrected chi connectivity index (χ2v) is 6.51. The van der Waals surface area contributed by atoms with Crippen molar-refractivity contribution < 1.29 is 4.79 Å². The molecule has 2 fully saturated rings. The molecule has 2 saturated carbocycles. The Morgan fingerprint density at radius 2 is 1.88 bits per heavy atom. The summed E-state index contributed by atoms with van der Waals surface area (Å²) in [5, 5.41) is 0. The van der Waals surface area contributed by atoms with E-state index >= 15 is 0 Å². The molecule has 2 heteroatoms. The second-order valence-electron chi connectivity index (χ2n) is 5.52. The summed E-state index contributed by atoms with van der Waals surface area (Å²) in [6, 6.07) is 0. The Kier molecular flexibility index (Phi) is 4.75. The van der Waals surface area contributed by atoms with Crippen LogP contribution < -0.4 is 0 Å². The average Bonchev–Trinajstić information content (AvgIpc) is 2.35. The summed E-state index contributed by atoms with van der Waals surface area (Å²) < 4.78 is 0. The average molecular weight is 240 g/mol. The Balaban J connectivity index is 1.82. The zero-order chi connectivity index (χ0) is 11.4. The lowest BCUT2D eigenvalue weighted by molar-refractivity contribution is -0.124. The number of carbonyl (C=O) groups excluding carboxylic acids is 1. The van der Waals surface area contributed by atoms with Gasteiger partial charge in [0.05, 0.1) is 0 Å². The van der Waals surface area contributed by atoms with Gasteiger partial charge < -0.3 is 0 Å². The van der Waals surface area contributed by atoms with Crippen LogP contribution in [0.25, 0.3) is 0 Å². The van der Waals surface area contributed by atoms with Gasteiger partial charge in [-0.1, -0.05) is 25.7 Å². The monoisotopic (exact) mass is 240 g/mol. The highest BCUT2D eigenvalue weighted by Crippen LogP contribution is 2.43. The highest BCUT2D eigenvalue weighted by molar-refractivity contribution is 7.98. The van der Waals surface area contributed by atoms with E-state index in [2.05, 4.69) is 6.26 Å². The van der Waals surface area contributed by atoms with E-state index in [-0.39, 0.29) is 0 Å². The van der Waals surface area contributed by atoms with Gasteiger partial charge in [0.1, 0.15) is 5.78 Å². The van der Waals surface area contributed by atoms with Crippen LogP contribution in [0.4, 0.5) is 0 Å². The minimum Gasteiger partial charge on any atom is -0.299 e. The van der Waals surface area contributed by atoms with E-state index in [0.717, 1.165) is 24.0 Å². The van der Waals surface area contributed by atoms with E-state index in [1.165, 1.54) is 44.9 Å². The minimum absolute atomic E-state index is 0.423. The van der Waals surface area contributed by atoms with E-state index in [9.17, 15) is 4.79 Å². The molecule has 2 rings (SSSR count). The fourth-order valence-corrected chi connectivity index (χ4v) is 3.98. The third-order valence-electron chi connectivity index (χ3n) is 4.55. The van der Waals surface area contributed by atoms with Gasteiger partial charge in [0.25, 0.3) is 0 Å². The first kappa shape index (κ1) is 12.5. The first-order valence-electron chi connectivity index (χ1n) is 6.83. The Morgan fingerprint density at radius 1 is 1.12 bits per heavy atom. The van der Waals surface area contributed by atoms with Crippen LogP contribution in [-0.2, 0) is 4.79 Å². The topological polar surface area (TPSA) is 17.1 Å². The van der Waals surface area contributed by atoms with Crippen LogP contribution in [0.3, 0.4) is 0 Å². The summed E-state index contributed by atoms with van der Waals surface area (Å²) in [5.41, 5.74) is 0. The Bertz CT molecular complexity index is 239. The lowest BCUT2D eigenvalue weighted by atomic mass is 9.66. The third-order valence-corrected chi connectivity index (χ3v) is 5.16. The van der Waals surface area contributed by atoms with Crippen molar-refractivity contribution in [3.8, 4) is 0 Å². The summed E-state index contributed by atoms with van der Waals surface area (Å²) in [4.78, 5) is 12.0. The second kappa shape index (κ2) is 6.09. The van der Waals surface area contributed by atoms with Gasteiger partial charge in [0.15, 0.2) is 0 Å². The van der Waals surface area contributed by atoms with E-state index in [0.29, 0.717) is 11.7 Å². The molecule has 2 aliphatic rings. The number of rotatable bonds is 4. The molecule has 0 aliphatic heterocycles. The lowest BCUT2D eigenvalue weighted by Gasteiger charge is -2.38. The summed E-state index contributed by atoms with van der Waals surface area (Å²) in [6.45, 7) is 0. The van der Waals surface area contributed by atoms with E-state index in [4.69, 9.17) is 0 Å². The molecule has 0 N–H and O–H groups in total. The summed E-state index contributed by atoms with van der Waals surface area (Å²) in [6.07, 6.45) is 12.3. The van der Waals surface area contributed by atoms with Crippen LogP contribution in [0.5, 0.6) is 0 Å². The fourth-order valence-electron chi connectivity index (χ4n) is 3.57. The van der Waals surface area contributed by atoms with E-state index < -0.39 is 0 Å². The van der Waals surface area contributed by atoms with Gasteiger partial charge in [0.2, 0.25) is 0 Å². The smallest absolute Gasteiger partial charge is 0.136 e. The molecule has 0 aromatic rings. The van der Waals surface area contributed by atoms with Crippen molar-refractivity contribution in [2.75, 3.05) is 12.0 Å². The van der Waals surface area contributed by atoms with Crippen LogP contribution in [0.1, 0.15) is 51.4 Å². The van der Waals surface area contributed by atoms with Crippen LogP contribution >= 0.6 is 11.8 Å². The molecule has 0 spiro atoms. The lowest BCUT2D eigenvalue weighted by Crippen LogP contribution is -2.31. The van der Waals surface area contributed by atoms with Crippen LogP contribution in [0.15, 0.2) is 0 Å². The van der Waals surface area contributed by atoms with Gasteiger partial charge in [-0.25, -0.2) is 0 Å². The van der Waals surface area contributed by atoms with Crippen molar-refractivity contribution in [1.29, 1.82) is 0 Å². The molecule has 92 valence electrons. The van der Waals surface area contributed by atoms with Crippen molar-refractivity contribution in [3.05, 3.63) is 0 Å². The number of ketones is 1. The van der Waals surface area contributed by atoms with Crippen molar-refractivity contribution in [2.24, 2.45) is 17.8 Å². The van der Waals surface area contributed by atoms with Gasteiger partial charge >= 0.3 is 0 Å². The SMILES string of the molecule is CSCCC(=O)C1CCC2CCCCC2C1. The van der Waals surface area contributed by atoms with Gasteiger partial charge in [0, 0.05) is 12.3 Å². The molecule has 0 amide bonds. The quantitative estimate of drug-likeness (QED) is 0.741. The standard InChI is InChI=1S/C14H24OS/c1-16-9-8-14(15)13-7-6-11-4-2-3-5-12(11)10-13/h11-13H,2-10H2,1H3. The fraction of sp³-hybridized carbons (Fsp3) is 0.929. The zero-order valence-corrected chi connectivity index (χ0v) is 11.2. The molecule has 0 saturated heterocycles. The molecule has 0 bridgehead atoms. The van der Waals surface area contributed by atoms with Crippen molar-refractivity contribution >= 4 is 17.5 Å². The van der Waals surface area contributed by atoms with Crippen LogP contribution in [0.2, 0.25) is 0 Å². The molecule has 3 unspecified atom stereocenters. The maximum atomic E-state index is 12.0. The molecule has 1 nitrogen and oxygen atoms in total. The Morgan fingerprint density at radius 3 is 2.62 bits per heavy atom. The van der Waals surface area contributed by atoms with Crippen molar-refractivity contribution in [2.45, 2.75) is 51.4 Å². The number of hydrogen-bond donors (Lipinski definition) is 0. The predicted molar refractivity (Wildman–Crippen MR) is 70.8 cm³/mol. The number of Topliss-reactive ketones (excluding diaryl/α,β-unsaturated/α-hetero) is 1. The molecule has 2 aliphatic carbocycles. The van der Waals surface area contributed by atoms with Gasteiger partial charge in [-0.3, -0.25) is 4.79 Å². The molecule has 0 aromatic heterocycles. The van der Waals surface area contributed by atoms with Crippen molar-refractivity contribution in [3.63, 3.8) is 0 Å². The van der Waals surface area contributed by atoms with Crippen LogP contribution in [0, 0.1) is 17.8 Å². The normalized spacial score (nSPS) is 34.4. The zero-order valence-electron chi connectivity index (χ0n) is 10.4. The maximum absolute atomic E-state index is 12.0. The number of carbonyl (C=O) groups is 1. The van der Waals surface area contributed by atoms with E-state index in [1.807, 2.05) is 0 Å². The van der Waals surface area contributed by atoms with E-state index in [1.54, 1.807) is 11.8 Å². The molecular weight excluding hydrogens is 216 g/mol. The van der Waals surface area contributed by atoms with Gasteiger partial charge in [-0.2, -0.15) is 11.8 Å². The maximum Gasteiger partial charge on any atom is 0.136 e. The molecular formula is C14H24OS. The minimum atomic E-state index is 0.423. The number of thioether (sulfide) groups is 1.